The molecule has 0 aliphatic carbocycles. The van der Waals surface area contributed by atoms with Gasteiger partial charge in [-0.3, -0.25) is 4.57 Å². The van der Waals surface area contributed by atoms with Crippen molar-refractivity contribution in [1.29, 1.82) is 0 Å². The summed E-state index contributed by atoms with van der Waals surface area (Å²) in [5.41, 5.74) is 0. The Balaban J connectivity index is 2.63. The van der Waals surface area contributed by atoms with Crippen molar-refractivity contribution < 1.29 is 9.09 Å². The van der Waals surface area contributed by atoms with Gasteiger partial charge < -0.3 is 4.52 Å². The number of hydrogen-bond acceptors (Lipinski definition) is 3. The Morgan fingerprint density at radius 1 is 1.64 bits per heavy atom. The summed E-state index contributed by atoms with van der Waals surface area (Å²) >= 11 is 1.46. The molecule has 1 rings (SSSR count). The first-order valence-corrected chi connectivity index (χ1v) is 6.71. The third kappa shape index (κ3) is 2.22. The highest BCUT2D eigenvalue weighted by Crippen LogP contribution is 2.65. The molecule has 66 valence electrons. The van der Waals surface area contributed by atoms with Crippen molar-refractivity contribution in [2.24, 2.45) is 0 Å². The van der Waals surface area contributed by atoms with E-state index >= 15 is 0 Å². The van der Waals surface area contributed by atoms with E-state index in [4.69, 9.17) is 4.52 Å². The molecule has 0 spiro atoms. The van der Waals surface area contributed by atoms with E-state index in [-0.39, 0.29) is 0 Å². The lowest BCUT2D eigenvalue weighted by Crippen LogP contribution is -2.17. The lowest BCUT2D eigenvalue weighted by Gasteiger charge is -2.30. The van der Waals surface area contributed by atoms with E-state index in [1.54, 1.807) is 18.8 Å². The molecule has 0 saturated carbocycles. The van der Waals surface area contributed by atoms with Crippen molar-refractivity contribution in [3.05, 3.63) is 0 Å². The van der Waals surface area contributed by atoms with Gasteiger partial charge in [-0.1, -0.05) is 18.3 Å². The average molecular weight is 195 g/mol. The summed E-state index contributed by atoms with van der Waals surface area (Å²) in [6.07, 6.45) is 1.00. The van der Waals surface area contributed by atoms with Gasteiger partial charge in [-0.15, -0.1) is 0 Å². The number of rotatable bonds is 1. The molecule has 3 nitrogen and oxygen atoms in total. The van der Waals surface area contributed by atoms with Crippen LogP contribution in [0.4, 0.5) is 0 Å². The van der Waals surface area contributed by atoms with Crippen LogP contribution in [-0.2, 0) is 9.09 Å². The summed E-state index contributed by atoms with van der Waals surface area (Å²) in [6.45, 7) is 0.224. The molecule has 0 N–H and O–H groups in total. The van der Waals surface area contributed by atoms with Crippen molar-refractivity contribution in [3.63, 3.8) is 0 Å². The van der Waals surface area contributed by atoms with Gasteiger partial charge in [0, 0.05) is 5.25 Å². The molecule has 0 radical (unpaired) electrons. The van der Waals surface area contributed by atoms with E-state index in [0.717, 1.165) is 6.42 Å². The molecule has 1 aliphatic heterocycles. The van der Waals surface area contributed by atoms with Gasteiger partial charge >= 0.3 is 6.72 Å². The maximum atomic E-state index is 11.8. The monoisotopic (exact) mass is 195 g/mol. The van der Waals surface area contributed by atoms with Gasteiger partial charge in [-0.2, -0.15) is 0 Å². The van der Waals surface area contributed by atoms with E-state index in [1.165, 1.54) is 11.4 Å². The fourth-order valence-corrected chi connectivity index (χ4v) is 4.98. The predicted octanol–water partition coefficient (Wildman–Crippen LogP) is 2.20. The van der Waals surface area contributed by atoms with Crippen molar-refractivity contribution in [1.82, 2.24) is 4.67 Å². The first kappa shape index (κ1) is 9.59. The third-order valence-corrected chi connectivity index (χ3v) is 7.11. The second kappa shape index (κ2) is 3.48. The summed E-state index contributed by atoms with van der Waals surface area (Å²) < 4.78 is 18.7. The van der Waals surface area contributed by atoms with Crippen LogP contribution in [0.25, 0.3) is 0 Å². The Morgan fingerprint density at radius 3 is 2.64 bits per heavy atom. The van der Waals surface area contributed by atoms with Gasteiger partial charge in [0.25, 0.3) is 0 Å². The molecule has 0 amide bonds. The highest BCUT2D eigenvalue weighted by molar-refractivity contribution is 8.56. The van der Waals surface area contributed by atoms with Crippen LogP contribution in [0.3, 0.4) is 0 Å². The lowest BCUT2D eigenvalue weighted by molar-refractivity contribution is 0.284. The highest BCUT2D eigenvalue weighted by atomic mass is 32.7. The van der Waals surface area contributed by atoms with Crippen molar-refractivity contribution in [3.8, 4) is 0 Å². The minimum Gasteiger partial charge on any atom is -0.310 e. The van der Waals surface area contributed by atoms with Gasteiger partial charge in [0.05, 0.1) is 6.61 Å². The Kier molecular flexibility index (Phi) is 3.03. The van der Waals surface area contributed by atoms with Gasteiger partial charge in [-0.25, -0.2) is 4.67 Å². The molecule has 1 heterocycles. The minimum atomic E-state index is -2.49. The molecule has 2 unspecified atom stereocenters. The maximum absolute atomic E-state index is 11.8. The van der Waals surface area contributed by atoms with Crippen LogP contribution < -0.4 is 0 Å². The largest absolute Gasteiger partial charge is 0.328 e. The standard InChI is InChI=1S/C6H14NO2PS/c1-6-4-5-9-10(8,11-6)7(2)3/h6H,4-5H2,1-3H3. The van der Waals surface area contributed by atoms with Gasteiger partial charge in [-0.05, 0) is 20.5 Å². The maximum Gasteiger partial charge on any atom is 0.328 e. The molecule has 11 heavy (non-hydrogen) atoms. The third-order valence-electron chi connectivity index (χ3n) is 1.58. The first-order chi connectivity index (χ1) is 5.04. The van der Waals surface area contributed by atoms with Crippen molar-refractivity contribution in [2.45, 2.75) is 18.6 Å². The fraction of sp³-hybridized carbons (Fsp3) is 1.00. The average Bonchev–Trinajstić information content (AvgIpc) is 1.86. The van der Waals surface area contributed by atoms with Crippen molar-refractivity contribution >= 4 is 18.1 Å². The Hall–Kier alpha value is 0.500. The van der Waals surface area contributed by atoms with Crippen LogP contribution in [0.1, 0.15) is 13.3 Å². The van der Waals surface area contributed by atoms with Crippen LogP contribution in [0.15, 0.2) is 0 Å². The second-order valence-electron chi connectivity index (χ2n) is 2.85. The van der Waals surface area contributed by atoms with E-state index in [2.05, 4.69) is 6.92 Å². The summed E-state index contributed by atoms with van der Waals surface area (Å²) in [7, 11) is 3.59. The van der Waals surface area contributed by atoms with Crippen LogP contribution in [0.5, 0.6) is 0 Å². The molecular weight excluding hydrogens is 181 g/mol. The van der Waals surface area contributed by atoms with E-state index in [0.29, 0.717) is 11.9 Å². The molecule has 2 atom stereocenters. The second-order valence-corrected chi connectivity index (χ2v) is 7.88. The molecule has 1 saturated heterocycles. The summed E-state index contributed by atoms with van der Waals surface area (Å²) in [6, 6.07) is 0. The van der Waals surface area contributed by atoms with Gasteiger partial charge in [0.2, 0.25) is 0 Å². The van der Waals surface area contributed by atoms with Gasteiger partial charge in [0.15, 0.2) is 0 Å². The SMILES string of the molecule is CC1CCOP(=O)(N(C)C)S1. The normalized spacial score (nSPS) is 39.5. The van der Waals surface area contributed by atoms with E-state index in [9.17, 15) is 4.57 Å². The van der Waals surface area contributed by atoms with Crippen LogP contribution in [0, 0.1) is 0 Å². The zero-order valence-electron chi connectivity index (χ0n) is 7.11. The lowest BCUT2D eigenvalue weighted by atomic mass is 10.4. The summed E-state index contributed by atoms with van der Waals surface area (Å²) in [5.74, 6) is 0. The van der Waals surface area contributed by atoms with Crippen LogP contribution >= 0.6 is 18.1 Å². The molecule has 0 aromatic carbocycles. The smallest absolute Gasteiger partial charge is 0.310 e. The van der Waals surface area contributed by atoms with Crippen LogP contribution in [-0.4, -0.2) is 30.6 Å². The molecule has 1 aliphatic rings. The molecule has 0 bridgehead atoms. The molecular formula is C6H14NO2PS. The Labute approximate surface area is 71.7 Å². The van der Waals surface area contributed by atoms with E-state index in [1.807, 2.05) is 0 Å². The fourth-order valence-electron chi connectivity index (χ4n) is 0.854. The Bertz CT molecular complexity index is 185. The molecule has 1 fully saturated rings. The quantitative estimate of drug-likeness (QED) is 0.600. The minimum absolute atomic E-state index is 0.456. The number of nitrogens with zero attached hydrogens (tertiary/aromatic N) is 1. The summed E-state index contributed by atoms with van der Waals surface area (Å²) in [4.78, 5) is 0. The highest BCUT2D eigenvalue weighted by Gasteiger charge is 2.33. The zero-order valence-corrected chi connectivity index (χ0v) is 8.82. The summed E-state index contributed by atoms with van der Waals surface area (Å²) in [5, 5.41) is 0.456. The zero-order chi connectivity index (χ0) is 8.48. The van der Waals surface area contributed by atoms with Crippen LogP contribution in [0.2, 0.25) is 0 Å². The topological polar surface area (TPSA) is 29.5 Å². The first-order valence-electron chi connectivity index (χ1n) is 3.65. The van der Waals surface area contributed by atoms with Gasteiger partial charge in [0.1, 0.15) is 0 Å². The van der Waals surface area contributed by atoms with E-state index < -0.39 is 6.72 Å². The Morgan fingerprint density at radius 2 is 2.27 bits per heavy atom. The number of hydrogen-bond donors (Lipinski definition) is 0. The predicted molar refractivity (Wildman–Crippen MR) is 48.9 cm³/mol. The molecule has 0 aromatic heterocycles. The van der Waals surface area contributed by atoms with Crippen molar-refractivity contribution in [2.75, 3.05) is 20.7 Å². The molecule has 0 aromatic rings. The molecule has 5 heteroatoms.